The lowest BCUT2D eigenvalue weighted by atomic mass is 10.1. The van der Waals surface area contributed by atoms with Gasteiger partial charge >= 0.3 is 0 Å². The van der Waals surface area contributed by atoms with Gasteiger partial charge in [0.15, 0.2) is 0 Å². The Morgan fingerprint density at radius 3 is 2.86 bits per heavy atom. The Balaban J connectivity index is 1.98. The van der Waals surface area contributed by atoms with Crippen molar-refractivity contribution >= 4 is 23.5 Å². The summed E-state index contributed by atoms with van der Waals surface area (Å²) in [6, 6.07) is 7.82. The number of thiophene rings is 1. The van der Waals surface area contributed by atoms with Crippen molar-refractivity contribution in [1.82, 2.24) is 5.43 Å². The minimum atomic E-state index is -0.114. The molecule has 4 nitrogen and oxygen atoms in total. The molecule has 0 bridgehead atoms. The summed E-state index contributed by atoms with van der Waals surface area (Å²) in [6.45, 7) is 3.96. The van der Waals surface area contributed by atoms with Gasteiger partial charge in [-0.2, -0.15) is 5.10 Å². The highest BCUT2D eigenvalue weighted by Crippen LogP contribution is 2.21. The van der Waals surface area contributed by atoms with Gasteiger partial charge in [-0.15, -0.1) is 11.3 Å². The number of ether oxygens (including phenoxy) is 1. The Hall–Kier alpha value is -2.14. The van der Waals surface area contributed by atoms with Crippen molar-refractivity contribution in [2.75, 3.05) is 7.11 Å². The first-order chi connectivity index (χ1) is 10.1. The zero-order chi connectivity index (χ0) is 15.2. The molecule has 0 saturated heterocycles. The molecule has 1 amide bonds. The van der Waals surface area contributed by atoms with Gasteiger partial charge in [-0.05, 0) is 54.1 Å². The number of hydrogen-bond donors (Lipinski definition) is 1. The van der Waals surface area contributed by atoms with Gasteiger partial charge in [0.05, 0.1) is 19.7 Å². The fourth-order valence-corrected chi connectivity index (χ4v) is 2.66. The Bertz CT molecular complexity index is 649. The van der Waals surface area contributed by atoms with E-state index in [2.05, 4.69) is 10.5 Å². The van der Waals surface area contributed by atoms with Crippen LogP contribution in [0.1, 0.15) is 21.6 Å². The molecule has 110 valence electrons. The van der Waals surface area contributed by atoms with Crippen molar-refractivity contribution in [2.45, 2.75) is 20.3 Å². The maximum atomic E-state index is 11.7. The molecule has 0 aliphatic heterocycles. The first-order valence-corrected chi connectivity index (χ1v) is 7.47. The fourth-order valence-electron chi connectivity index (χ4n) is 1.96. The Kier molecular flexibility index (Phi) is 5.11. The van der Waals surface area contributed by atoms with Crippen molar-refractivity contribution < 1.29 is 9.53 Å². The number of benzene rings is 1. The molecule has 1 N–H and O–H groups in total. The standard InChI is InChI=1S/C16H18N2O2S/c1-11-8-15(20-3)12(2)7-13(11)10-17-18-16(19)9-14-5-4-6-21-14/h4-8,10H,9H2,1-3H3,(H,18,19)/b17-10-. The van der Waals surface area contributed by atoms with E-state index in [1.165, 1.54) is 0 Å². The summed E-state index contributed by atoms with van der Waals surface area (Å²) in [6.07, 6.45) is 2.02. The van der Waals surface area contributed by atoms with E-state index in [0.717, 1.165) is 27.3 Å². The van der Waals surface area contributed by atoms with Gasteiger partial charge in [-0.25, -0.2) is 5.43 Å². The predicted octanol–water partition coefficient (Wildman–Crippen LogP) is 3.07. The smallest absolute Gasteiger partial charge is 0.245 e. The molecule has 21 heavy (non-hydrogen) atoms. The number of rotatable bonds is 5. The third-order valence-electron chi connectivity index (χ3n) is 3.09. The van der Waals surface area contributed by atoms with Crippen LogP contribution in [0.5, 0.6) is 5.75 Å². The van der Waals surface area contributed by atoms with Crippen LogP contribution < -0.4 is 10.2 Å². The lowest BCUT2D eigenvalue weighted by Crippen LogP contribution is -2.19. The topological polar surface area (TPSA) is 50.7 Å². The van der Waals surface area contributed by atoms with E-state index in [1.54, 1.807) is 24.7 Å². The van der Waals surface area contributed by atoms with Gasteiger partial charge < -0.3 is 4.74 Å². The van der Waals surface area contributed by atoms with Gasteiger partial charge in [0.1, 0.15) is 5.75 Å². The summed E-state index contributed by atoms with van der Waals surface area (Å²) in [7, 11) is 1.65. The number of nitrogens with one attached hydrogen (secondary N) is 1. The molecule has 0 saturated carbocycles. The minimum absolute atomic E-state index is 0.114. The summed E-state index contributed by atoms with van der Waals surface area (Å²) in [5.41, 5.74) is 5.60. The number of amides is 1. The Labute approximate surface area is 128 Å². The summed E-state index contributed by atoms with van der Waals surface area (Å²) in [5.74, 6) is 0.739. The molecule has 2 aromatic rings. The average molecular weight is 302 g/mol. The minimum Gasteiger partial charge on any atom is -0.496 e. The second kappa shape index (κ2) is 7.04. The van der Waals surface area contributed by atoms with E-state index in [0.29, 0.717) is 6.42 Å². The monoisotopic (exact) mass is 302 g/mol. The summed E-state index contributed by atoms with van der Waals surface area (Å²) >= 11 is 1.56. The number of carbonyl (C=O) groups excluding carboxylic acids is 1. The summed E-state index contributed by atoms with van der Waals surface area (Å²) < 4.78 is 5.27. The number of hydrazone groups is 1. The third kappa shape index (κ3) is 4.16. The maximum Gasteiger partial charge on any atom is 0.245 e. The zero-order valence-corrected chi connectivity index (χ0v) is 13.2. The van der Waals surface area contributed by atoms with Crippen LogP contribution >= 0.6 is 11.3 Å². The van der Waals surface area contributed by atoms with Crippen LogP contribution in [0.15, 0.2) is 34.7 Å². The SMILES string of the molecule is COc1cc(C)c(/C=N\NC(=O)Cc2cccs2)cc1C. The Morgan fingerprint density at radius 1 is 1.38 bits per heavy atom. The van der Waals surface area contributed by atoms with Crippen molar-refractivity contribution in [3.8, 4) is 5.75 Å². The molecule has 1 aromatic carbocycles. The van der Waals surface area contributed by atoms with E-state index < -0.39 is 0 Å². The summed E-state index contributed by atoms with van der Waals surface area (Å²) in [5, 5.41) is 5.97. The number of nitrogens with zero attached hydrogens (tertiary/aromatic N) is 1. The van der Waals surface area contributed by atoms with E-state index in [9.17, 15) is 4.79 Å². The second-order valence-electron chi connectivity index (χ2n) is 4.73. The average Bonchev–Trinajstić information content (AvgIpc) is 2.95. The molecule has 0 radical (unpaired) electrons. The molecule has 1 heterocycles. The van der Waals surface area contributed by atoms with Crippen molar-refractivity contribution in [1.29, 1.82) is 0 Å². The van der Waals surface area contributed by atoms with Crippen LogP contribution in [0.2, 0.25) is 0 Å². The Morgan fingerprint density at radius 2 is 2.19 bits per heavy atom. The van der Waals surface area contributed by atoms with Crippen LogP contribution in [-0.2, 0) is 11.2 Å². The zero-order valence-electron chi connectivity index (χ0n) is 12.3. The molecule has 0 spiro atoms. The lowest BCUT2D eigenvalue weighted by Gasteiger charge is -2.08. The highest BCUT2D eigenvalue weighted by Gasteiger charge is 2.04. The number of hydrogen-bond acceptors (Lipinski definition) is 4. The molecular weight excluding hydrogens is 284 g/mol. The van der Waals surface area contributed by atoms with Crippen LogP contribution in [0.3, 0.4) is 0 Å². The normalized spacial score (nSPS) is 10.8. The molecule has 0 atom stereocenters. The molecule has 5 heteroatoms. The maximum absolute atomic E-state index is 11.7. The van der Waals surface area contributed by atoms with E-state index in [4.69, 9.17) is 4.74 Å². The second-order valence-corrected chi connectivity index (χ2v) is 5.76. The highest BCUT2D eigenvalue weighted by molar-refractivity contribution is 7.10. The summed E-state index contributed by atoms with van der Waals surface area (Å²) in [4.78, 5) is 12.7. The van der Waals surface area contributed by atoms with Crippen LogP contribution in [0.4, 0.5) is 0 Å². The predicted molar refractivity (Wildman–Crippen MR) is 86.2 cm³/mol. The third-order valence-corrected chi connectivity index (χ3v) is 3.97. The largest absolute Gasteiger partial charge is 0.496 e. The van der Waals surface area contributed by atoms with E-state index >= 15 is 0 Å². The van der Waals surface area contributed by atoms with Crippen LogP contribution in [0, 0.1) is 13.8 Å². The van der Waals surface area contributed by atoms with Gasteiger partial charge in [0.2, 0.25) is 5.91 Å². The van der Waals surface area contributed by atoms with Crippen molar-refractivity contribution in [3.05, 3.63) is 51.2 Å². The molecular formula is C16H18N2O2S. The quantitative estimate of drug-likeness (QED) is 0.681. The number of methoxy groups -OCH3 is 1. The number of aryl methyl sites for hydroxylation is 2. The van der Waals surface area contributed by atoms with Gasteiger partial charge in [-0.3, -0.25) is 4.79 Å². The van der Waals surface area contributed by atoms with Gasteiger partial charge in [0, 0.05) is 4.88 Å². The number of carbonyl (C=O) groups is 1. The lowest BCUT2D eigenvalue weighted by molar-refractivity contribution is -0.120. The van der Waals surface area contributed by atoms with E-state index in [-0.39, 0.29) is 5.91 Å². The molecule has 0 unspecified atom stereocenters. The van der Waals surface area contributed by atoms with Crippen LogP contribution in [0.25, 0.3) is 0 Å². The molecule has 0 aliphatic carbocycles. The first-order valence-electron chi connectivity index (χ1n) is 6.59. The molecule has 0 aliphatic rings. The van der Waals surface area contributed by atoms with Crippen molar-refractivity contribution in [2.24, 2.45) is 5.10 Å². The molecule has 0 fully saturated rings. The molecule has 2 rings (SSSR count). The van der Waals surface area contributed by atoms with Gasteiger partial charge in [-0.1, -0.05) is 6.07 Å². The van der Waals surface area contributed by atoms with Crippen LogP contribution in [-0.4, -0.2) is 19.2 Å². The highest BCUT2D eigenvalue weighted by atomic mass is 32.1. The van der Waals surface area contributed by atoms with E-state index in [1.807, 2.05) is 43.5 Å². The molecule has 1 aromatic heterocycles. The van der Waals surface area contributed by atoms with Crippen molar-refractivity contribution in [3.63, 3.8) is 0 Å². The first kappa shape index (κ1) is 15.3. The fraction of sp³-hybridized carbons (Fsp3) is 0.250. The van der Waals surface area contributed by atoms with Gasteiger partial charge in [0.25, 0.3) is 0 Å².